The summed E-state index contributed by atoms with van der Waals surface area (Å²) in [6.07, 6.45) is 5.65. The predicted octanol–water partition coefficient (Wildman–Crippen LogP) is 4.97. The number of hydrogen-bond acceptors (Lipinski definition) is 3. The zero-order valence-electron chi connectivity index (χ0n) is 17.5. The molecule has 0 saturated carbocycles. The Kier molecular flexibility index (Phi) is 9.82. The minimum Gasteiger partial charge on any atom is -0.480 e. The van der Waals surface area contributed by atoms with E-state index in [1.165, 1.54) is 18.4 Å². The van der Waals surface area contributed by atoms with Crippen molar-refractivity contribution in [3.8, 4) is 11.8 Å². The molecule has 0 fully saturated rings. The third kappa shape index (κ3) is 9.32. The molecule has 0 unspecified atom stereocenters. The average molecular weight is 393 g/mol. The maximum absolute atomic E-state index is 10.8. The Morgan fingerprint density at radius 1 is 1.07 bits per heavy atom. The van der Waals surface area contributed by atoms with Gasteiger partial charge in [-0.3, -0.25) is 4.79 Å². The highest BCUT2D eigenvalue weighted by atomic mass is 16.4. The SMILES string of the molecule is Cc1cccc(C#CCCCCCCNc2ccc(CN[C@@H](C)C(=O)O)cc2)c1. The molecule has 4 heteroatoms. The van der Waals surface area contributed by atoms with E-state index in [0.717, 1.165) is 42.6 Å². The minimum atomic E-state index is -0.832. The van der Waals surface area contributed by atoms with E-state index >= 15 is 0 Å². The van der Waals surface area contributed by atoms with Crippen LogP contribution in [0.4, 0.5) is 5.69 Å². The van der Waals surface area contributed by atoms with Gasteiger partial charge in [-0.25, -0.2) is 0 Å². The van der Waals surface area contributed by atoms with Gasteiger partial charge in [0.1, 0.15) is 6.04 Å². The zero-order valence-corrected chi connectivity index (χ0v) is 17.5. The molecule has 0 aliphatic carbocycles. The Hall–Kier alpha value is -2.77. The van der Waals surface area contributed by atoms with Gasteiger partial charge in [0, 0.05) is 30.8 Å². The Morgan fingerprint density at radius 2 is 1.83 bits per heavy atom. The van der Waals surface area contributed by atoms with Crippen LogP contribution < -0.4 is 10.6 Å². The molecule has 0 heterocycles. The molecule has 154 valence electrons. The van der Waals surface area contributed by atoms with Gasteiger partial charge >= 0.3 is 5.97 Å². The van der Waals surface area contributed by atoms with Crippen LogP contribution in [0.25, 0.3) is 0 Å². The quantitative estimate of drug-likeness (QED) is 0.373. The summed E-state index contributed by atoms with van der Waals surface area (Å²) in [7, 11) is 0. The van der Waals surface area contributed by atoms with Crippen molar-refractivity contribution in [3.63, 3.8) is 0 Å². The first-order chi connectivity index (χ1) is 14.0. The second-order valence-corrected chi connectivity index (χ2v) is 7.40. The van der Waals surface area contributed by atoms with Gasteiger partial charge in [-0.15, -0.1) is 0 Å². The minimum absolute atomic E-state index is 0.540. The lowest BCUT2D eigenvalue weighted by Gasteiger charge is -2.10. The molecule has 3 N–H and O–H groups in total. The molecule has 4 nitrogen and oxygen atoms in total. The van der Waals surface area contributed by atoms with E-state index in [1.54, 1.807) is 6.92 Å². The van der Waals surface area contributed by atoms with Crippen molar-refractivity contribution in [1.82, 2.24) is 5.32 Å². The van der Waals surface area contributed by atoms with Crippen LogP contribution in [0.3, 0.4) is 0 Å². The molecule has 0 spiro atoms. The topological polar surface area (TPSA) is 61.4 Å². The number of unbranched alkanes of at least 4 members (excludes halogenated alkanes) is 4. The molecule has 1 atom stereocenters. The predicted molar refractivity (Wildman–Crippen MR) is 120 cm³/mol. The van der Waals surface area contributed by atoms with Crippen molar-refractivity contribution < 1.29 is 9.90 Å². The summed E-state index contributed by atoms with van der Waals surface area (Å²) in [4.78, 5) is 10.8. The molecule has 0 aliphatic rings. The van der Waals surface area contributed by atoms with Crippen molar-refractivity contribution in [2.24, 2.45) is 0 Å². The molecular weight excluding hydrogens is 360 g/mol. The normalized spacial score (nSPS) is 11.4. The van der Waals surface area contributed by atoms with Gasteiger partial charge in [-0.2, -0.15) is 0 Å². The molecule has 0 bridgehead atoms. The number of benzene rings is 2. The number of hydrogen-bond donors (Lipinski definition) is 3. The lowest BCUT2D eigenvalue weighted by Crippen LogP contribution is -2.33. The lowest BCUT2D eigenvalue weighted by molar-refractivity contribution is -0.139. The van der Waals surface area contributed by atoms with Gasteiger partial charge in [0.2, 0.25) is 0 Å². The number of aliphatic carboxylic acids is 1. The van der Waals surface area contributed by atoms with Crippen LogP contribution in [0.1, 0.15) is 55.7 Å². The standard InChI is InChI=1S/C25H32N2O2/c1-20-10-9-12-22(18-20)11-7-5-3-4-6-8-17-26-24-15-13-23(14-16-24)19-27-21(2)25(28)29/h9-10,12-16,18,21,26-27H,3-6,8,17,19H2,1-2H3,(H,28,29)/t21-/m0/s1. The fraction of sp³-hybridized carbons (Fsp3) is 0.400. The van der Waals surface area contributed by atoms with Crippen LogP contribution in [0, 0.1) is 18.8 Å². The molecule has 0 aliphatic heterocycles. The maximum Gasteiger partial charge on any atom is 0.320 e. The van der Waals surface area contributed by atoms with Crippen LogP contribution in [-0.2, 0) is 11.3 Å². The maximum atomic E-state index is 10.8. The number of anilines is 1. The van der Waals surface area contributed by atoms with Crippen LogP contribution >= 0.6 is 0 Å². The Bertz CT molecular complexity index is 819. The van der Waals surface area contributed by atoms with Crippen molar-refractivity contribution in [2.75, 3.05) is 11.9 Å². The van der Waals surface area contributed by atoms with Crippen LogP contribution in [0.2, 0.25) is 0 Å². The number of aryl methyl sites for hydroxylation is 1. The third-order valence-corrected chi connectivity index (χ3v) is 4.75. The van der Waals surface area contributed by atoms with Gasteiger partial charge in [-0.1, -0.05) is 48.9 Å². The van der Waals surface area contributed by atoms with E-state index < -0.39 is 12.0 Å². The van der Waals surface area contributed by atoms with E-state index in [9.17, 15) is 4.79 Å². The van der Waals surface area contributed by atoms with Crippen molar-refractivity contribution >= 4 is 11.7 Å². The first-order valence-electron chi connectivity index (χ1n) is 10.4. The van der Waals surface area contributed by atoms with Gasteiger partial charge in [-0.05, 0) is 62.1 Å². The highest BCUT2D eigenvalue weighted by Crippen LogP contribution is 2.11. The van der Waals surface area contributed by atoms with Crippen molar-refractivity contribution in [1.29, 1.82) is 0 Å². The summed E-state index contributed by atoms with van der Waals surface area (Å²) < 4.78 is 0. The van der Waals surface area contributed by atoms with E-state index in [4.69, 9.17) is 5.11 Å². The third-order valence-electron chi connectivity index (χ3n) is 4.75. The Balaban J connectivity index is 1.54. The number of carboxylic acid groups (broad SMARTS) is 1. The summed E-state index contributed by atoms with van der Waals surface area (Å²) in [5.74, 6) is 5.68. The molecule has 0 aromatic heterocycles. The molecule has 0 saturated heterocycles. The van der Waals surface area contributed by atoms with E-state index in [2.05, 4.69) is 53.7 Å². The molecular formula is C25H32N2O2. The summed E-state index contributed by atoms with van der Waals surface area (Å²) in [6.45, 7) is 5.26. The lowest BCUT2D eigenvalue weighted by atomic mass is 10.1. The number of carbonyl (C=O) groups is 1. The van der Waals surface area contributed by atoms with Crippen LogP contribution in [0.5, 0.6) is 0 Å². The molecule has 29 heavy (non-hydrogen) atoms. The summed E-state index contributed by atoms with van der Waals surface area (Å²) >= 11 is 0. The van der Waals surface area contributed by atoms with E-state index in [0.29, 0.717) is 6.54 Å². The molecule has 2 aromatic rings. The highest BCUT2D eigenvalue weighted by Gasteiger charge is 2.08. The fourth-order valence-corrected chi connectivity index (χ4v) is 2.91. The number of nitrogens with one attached hydrogen (secondary N) is 2. The Morgan fingerprint density at radius 3 is 2.55 bits per heavy atom. The molecule has 0 amide bonds. The van der Waals surface area contributed by atoms with Gasteiger partial charge in [0.15, 0.2) is 0 Å². The fourth-order valence-electron chi connectivity index (χ4n) is 2.91. The first kappa shape index (κ1) is 22.5. The second-order valence-electron chi connectivity index (χ2n) is 7.40. The van der Waals surface area contributed by atoms with Crippen LogP contribution in [0.15, 0.2) is 48.5 Å². The first-order valence-corrected chi connectivity index (χ1v) is 10.4. The molecule has 2 rings (SSSR count). The number of rotatable bonds is 11. The molecule has 2 aromatic carbocycles. The highest BCUT2D eigenvalue weighted by molar-refractivity contribution is 5.72. The summed E-state index contributed by atoms with van der Waals surface area (Å²) in [5.41, 5.74) is 4.54. The van der Waals surface area contributed by atoms with Gasteiger partial charge < -0.3 is 15.7 Å². The van der Waals surface area contributed by atoms with Crippen molar-refractivity contribution in [2.45, 2.75) is 58.5 Å². The zero-order chi connectivity index (χ0) is 20.9. The largest absolute Gasteiger partial charge is 0.480 e. The van der Waals surface area contributed by atoms with Crippen LogP contribution in [-0.4, -0.2) is 23.7 Å². The second kappa shape index (κ2) is 12.6. The summed E-state index contributed by atoms with van der Waals surface area (Å²) in [5, 5.41) is 15.3. The smallest absolute Gasteiger partial charge is 0.320 e. The Labute approximate surface area is 174 Å². The van der Waals surface area contributed by atoms with E-state index in [-0.39, 0.29) is 0 Å². The van der Waals surface area contributed by atoms with Crippen molar-refractivity contribution in [3.05, 3.63) is 65.2 Å². The monoisotopic (exact) mass is 392 g/mol. The van der Waals surface area contributed by atoms with E-state index in [1.807, 2.05) is 24.3 Å². The van der Waals surface area contributed by atoms with Gasteiger partial charge in [0.25, 0.3) is 0 Å². The summed E-state index contributed by atoms with van der Waals surface area (Å²) in [6, 6.07) is 15.9. The van der Waals surface area contributed by atoms with Gasteiger partial charge in [0.05, 0.1) is 0 Å². The number of carboxylic acids is 1. The average Bonchev–Trinajstić information content (AvgIpc) is 2.71. The molecule has 0 radical (unpaired) electrons.